The fourth-order valence-corrected chi connectivity index (χ4v) is 3.37. The first kappa shape index (κ1) is 11.3. The number of nitrogens with zero attached hydrogens (tertiary/aromatic N) is 1. The van der Waals surface area contributed by atoms with Gasteiger partial charge in [0.25, 0.3) is 0 Å². The van der Waals surface area contributed by atoms with Crippen LogP contribution in [0.3, 0.4) is 0 Å². The molecule has 5 heteroatoms. The number of carbonyl (C=O) groups is 1. The van der Waals surface area contributed by atoms with Crippen LogP contribution >= 0.6 is 22.7 Å². The number of hydrogen-bond donors (Lipinski definition) is 1. The minimum Gasteiger partial charge on any atom is -0.476 e. The quantitative estimate of drug-likeness (QED) is 0.907. The fraction of sp³-hybridized carbons (Fsp3) is 0.273. The molecule has 16 heavy (non-hydrogen) atoms. The molecule has 2 heterocycles. The third kappa shape index (κ3) is 2.15. The second-order valence-electron chi connectivity index (χ2n) is 3.32. The molecule has 0 amide bonds. The molecule has 0 fully saturated rings. The van der Waals surface area contributed by atoms with E-state index in [4.69, 9.17) is 5.11 Å². The molecule has 0 aliphatic carbocycles. The van der Waals surface area contributed by atoms with Crippen molar-refractivity contribution >= 4 is 28.6 Å². The van der Waals surface area contributed by atoms with Crippen LogP contribution in [0.1, 0.15) is 28.7 Å². The van der Waals surface area contributed by atoms with E-state index < -0.39 is 5.97 Å². The average molecular weight is 253 g/mol. The number of rotatable bonds is 4. The van der Waals surface area contributed by atoms with Crippen LogP contribution in [0.4, 0.5) is 0 Å². The molecular formula is C11H11NO2S2. The van der Waals surface area contributed by atoms with Crippen LogP contribution in [0.15, 0.2) is 17.5 Å². The maximum Gasteiger partial charge on any atom is 0.355 e. The van der Waals surface area contributed by atoms with Gasteiger partial charge in [-0.2, -0.15) is 0 Å². The summed E-state index contributed by atoms with van der Waals surface area (Å²) in [7, 11) is 0. The first-order valence-electron chi connectivity index (χ1n) is 4.99. The monoisotopic (exact) mass is 253 g/mol. The summed E-state index contributed by atoms with van der Waals surface area (Å²) in [5.41, 5.74) is 0.218. The van der Waals surface area contributed by atoms with Crippen molar-refractivity contribution in [3.05, 3.63) is 28.1 Å². The van der Waals surface area contributed by atoms with Gasteiger partial charge in [0, 0.05) is 4.88 Å². The minimum absolute atomic E-state index is 0.218. The zero-order valence-electron chi connectivity index (χ0n) is 8.77. The molecule has 0 aliphatic rings. The first-order valence-corrected chi connectivity index (χ1v) is 6.69. The Morgan fingerprint density at radius 2 is 2.38 bits per heavy atom. The lowest BCUT2D eigenvalue weighted by Crippen LogP contribution is -2.00. The van der Waals surface area contributed by atoms with Crippen molar-refractivity contribution in [3.8, 4) is 9.88 Å². The number of thiazole rings is 1. The molecule has 0 saturated heterocycles. The van der Waals surface area contributed by atoms with E-state index >= 15 is 0 Å². The Morgan fingerprint density at radius 3 is 2.94 bits per heavy atom. The topological polar surface area (TPSA) is 50.2 Å². The van der Waals surface area contributed by atoms with Crippen molar-refractivity contribution in [1.29, 1.82) is 0 Å². The number of carboxylic acid groups (broad SMARTS) is 1. The van der Waals surface area contributed by atoms with Gasteiger partial charge in [0.1, 0.15) is 5.01 Å². The van der Waals surface area contributed by atoms with Gasteiger partial charge in [-0.3, -0.25) is 0 Å². The predicted octanol–water partition coefficient (Wildman–Crippen LogP) is 3.52. The van der Waals surface area contributed by atoms with Gasteiger partial charge in [-0.25, -0.2) is 9.78 Å². The number of aryl methyl sites for hydroxylation is 1. The molecule has 0 saturated carbocycles. The van der Waals surface area contributed by atoms with Gasteiger partial charge in [0.2, 0.25) is 0 Å². The average Bonchev–Trinajstić information content (AvgIpc) is 2.83. The molecule has 0 spiro atoms. The van der Waals surface area contributed by atoms with Gasteiger partial charge >= 0.3 is 5.97 Å². The summed E-state index contributed by atoms with van der Waals surface area (Å²) in [4.78, 5) is 17.1. The van der Waals surface area contributed by atoms with Crippen LogP contribution in [-0.4, -0.2) is 16.1 Å². The SMILES string of the molecule is CCCc1sc(-c2cccs2)nc1C(=O)O. The molecule has 0 aromatic carbocycles. The normalized spacial score (nSPS) is 10.6. The molecule has 2 rings (SSSR count). The van der Waals surface area contributed by atoms with E-state index in [1.807, 2.05) is 24.4 Å². The van der Waals surface area contributed by atoms with Crippen molar-refractivity contribution in [2.75, 3.05) is 0 Å². The third-order valence-corrected chi connectivity index (χ3v) is 4.26. The van der Waals surface area contributed by atoms with Crippen molar-refractivity contribution < 1.29 is 9.90 Å². The van der Waals surface area contributed by atoms with E-state index in [-0.39, 0.29) is 5.69 Å². The van der Waals surface area contributed by atoms with Crippen molar-refractivity contribution in [1.82, 2.24) is 4.98 Å². The highest BCUT2D eigenvalue weighted by Crippen LogP contribution is 2.31. The molecule has 1 N–H and O–H groups in total. The highest BCUT2D eigenvalue weighted by atomic mass is 32.1. The Kier molecular flexibility index (Phi) is 3.36. The molecule has 0 radical (unpaired) electrons. The Balaban J connectivity index is 2.42. The van der Waals surface area contributed by atoms with E-state index in [2.05, 4.69) is 4.98 Å². The summed E-state index contributed by atoms with van der Waals surface area (Å²) in [5.74, 6) is -0.928. The van der Waals surface area contributed by atoms with Crippen LogP contribution in [0.2, 0.25) is 0 Å². The van der Waals surface area contributed by atoms with E-state index in [0.29, 0.717) is 0 Å². The standard InChI is InChI=1S/C11H11NO2S2/c1-2-4-7-9(11(13)14)12-10(16-7)8-5-3-6-15-8/h3,5-6H,2,4H2,1H3,(H,13,14). The summed E-state index contributed by atoms with van der Waals surface area (Å²) in [6.07, 6.45) is 1.72. The summed E-state index contributed by atoms with van der Waals surface area (Å²) in [6.45, 7) is 2.04. The van der Waals surface area contributed by atoms with E-state index in [1.54, 1.807) is 11.3 Å². The van der Waals surface area contributed by atoms with Crippen molar-refractivity contribution in [2.45, 2.75) is 19.8 Å². The van der Waals surface area contributed by atoms with Gasteiger partial charge in [-0.15, -0.1) is 22.7 Å². The summed E-state index contributed by atoms with van der Waals surface area (Å²) in [5, 5.41) is 11.8. The highest BCUT2D eigenvalue weighted by Gasteiger charge is 2.17. The van der Waals surface area contributed by atoms with Crippen LogP contribution < -0.4 is 0 Å². The first-order chi connectivity index (χ1) is 7.72. The van der Waals surface area contributed by atoms with Gasteiger partial charge < -0.3 is 5.11 Å². The third-order valence-electron chi connectivity index (χ3n) is 2.11. The van der Waals surface area contributed by atoms with E-state index in [1.165, 1.54) is 11.3 Å². The summed E-state index contributed by atoms with van der Waals surface area (Å²) >= 11 is 3.07. The van der Waals surface area contributed by atoms with Crippen LogP contribution in [0.5, 0.6) is 0 Å². The molecular weight excluding hydrogens is 242 g/mol. The smallest absolute Gasteiger partial charge is 0.355 e. The lowest BCUT2D eigenvalue weighted by molar-refractivity contribution is 0.0690. The highest BCUT2D eigenvalue weighted by molar-refractivity contribution is 7.21. The summed E-state index contributed by atoms with van der Waals surface area (Å²) in [6, 6.07) is 3.91. The largest absolute Gasteiger partial charge is 0.476 e. The predicted molar refractivity (Wildman–Crippen MR) is 66.4 cm³/mol. The summed E-state index contributed by atoms with van der Waals surface area (Å²) < 4.78 is 0. The van der Waals surface area contributed by atoms with Gasteiger partial charge in [-0.1, -0.05) is 19.4 Å². The van der Waals surface area contributed by atoms with Crippen LogP contribution in [0.25, 0.3) is 9.88 Å². The number of aromatic nitrogens is 1. The van der Waals surface area contributed by atoms with Crippen molar-refractivity contribution in [2.24, 2.45) is 0 Å². The molecule has 84 valence electrons. The lowest BCUT2D eigenvalue weighted by Gasteiger charge is -1.92. The second-order valence-corrected chi connectivity index (χ2v) is 5.35. The van der Waals surface area contributed by atoms with Gasteiger partial charge in [0.15, 0.2) is 5.69 Å². The number of hydrogen-bond acceptors (Lipinski definition) is 4. The molecule has 0 aliphatic heterocycles. The second kappa shape index (κ2) is 4.76. The zero-order valence-corrected chi connectivity index (χ0v) is 10.4. The number of aromatic carboxylic acids is 1. The maximum absolute atomic E-state index is 11.0. The maximum atomic E-state index is 11.0. The van der Waals surface area contributed by atoms with Crippen LogP contribution in [0, 0.1) is 0 Å². The molecule has 0 unspecified atom stereocenters. The molecule has 0 bridgehead atoms. The molecule has 0 atom stereocenters. The van der Waals surface area contributed by atoms with Gasteiger partial charge in [0.05, 0.1) is 4.88 Å². The van der Waals surface area contributed by atoms with Crippen LogP contribution in [-0.2, 0) is 6.42 Å². The Bertz CT molecular complexity index is 488. The molecule has 3 nitrogen and oxygen atoms in total. The number of carboxylic acids is 1. The number of thiophene rings is 1. The fourth-order valence-electron chi connectivity index (χ4n) is 1.42. The lowest BCUT2D eigenvalue weighted by atomic mass is 10.2. The molecule has 2 aromatic rings. The van der Waals surface area contributed by atoms with E-state index in [0.717, 1.165) is 27.6 Å². The Morgan fingerprint density at radius 1 is 1.56 bits per heavy atom. The minimum atomic E-state index is -0.928. The zero-order chi connectivity index (χ0) is 11.5. The van der Waals surface area contributed by atoms with E-state index in [9.17, 15) is 4.79 Å². The Hall–Kier alpha value is -1.20. The Labute approximate surface area is 101 Å². The molecule has 2 aromatic heterocycles. The van der Waals surface area contributed by atoms with Crippen molar-refractivity contribution in [3.63, 3.8) is 0 Å². The van der Waals surface area contributed by atoms with Gasteiger partial charge in [-0.05, 0) is 17.9 Å².